The molecule has 2 aromatic carbocycles. The lowest BCUT2D eigenvalue weighted by molar-refractivity contribution is 0.171. The van der Waals surface area contributed by atoms with Crippen LogP contribution in [0.5, 0.6) is 40.2 Å². The topological polar surface area (TPSA) is 75.6 Å². The third-order valence-corrected chi connectivity index (χ3v) is 3.78. The number of methoxy groups -OCH3 is 4. The van der Waals surface area contributed by atoms with Crippen LogP contribution >= 0.6 is 0 Å². The molecule has 1 aliphatic rings. The van der Waals surface area contributed by atoms with Crippen LogP contribution in [0.3, 0.4) is 0 Å². The number of rotatable bonds is 5. The van der Waals surface area contributed by atoms with Crippen molar-refractivity contribution in [3.8, 4) is 51.4 Å². The predicted octanol–water partition coefficient (Wildman–Crippen LogP) is 2.82. The SMILES string of the molecule is COc1ccc(-c2c(O)cc3c(c2OC)OCO3)c(OC)c1OC. The molecule has 0 fully saturated rings. The molecule has 24 heavy (non-hydrogen) atoms. The number of fused-ring (bicyclic) bond motifs is 1. The van der Waals surface area contributed by atoms with Crippen molar-refractivity contribution in [1.29, 1.82) is 0 Å². The Hall–Kier alpha value is -2.96. The third-order valence-electron chi connectivity index (χ3n) is 3.78. The van der Waals surface area contributed by atoms with Gasteiger partial charge in [0.05, 0.1) is 34.0 Å². The van der Waals surface area contributed by atoms with Crippen molar-refractivity contribution in [2.45, 2.75) is 0 Å². The highest BCUT2D eigenvalue weighted by atomic mass is 16.7. The van der Waals surface area contributed by atoms with Crippen LogP contribution in [0.25, 0.3) is 11.1 Å². The number of phenolic OH excluding ortho intramolecular Hbond substituents is 1. The van der Waals surface area contributed by atoms with Gasteiger partial charge in [-0.15, -0.1) is 0 Å². The van der Waals surface area contributed by atoms with Crippen molar-refractivity contribution in [3.63, 3.8) is 0 Å². The lowest BCUT2D eigenvalue weighted by Gasteiger charge is -2.18. The summed E-state index contributed by atoms with van der Waals surface area (Å²) in [6, 6.07) is 4.95. The summed E-state index contributed by atoms with van der Waals surface area (Å²) in [6.07, 6.45) is 0. The van der Waals surface area contributed by atoms with Crippen LogP contribution in [0.15, 0.2) is 18.2 Å². The molecule has 0 unspecified atom stereocenters. The molecule has 0 amide bonds. The van der Waals surface area contributed by atoms with Gasteiger partial charge >= 0.3 is 0 Å². The van der Waals surface area contributed by atoms with Crippen LogP contribution in [-0.2, 0) is 0 Å². The highest BCUT2D eigenvalue weighted by Crippen LogP contribution is 2.55. The number of hydrogen-bond donors (Lipinski definition) is 1. The molecular formula is C17H18O7. The quantitative estimate of drug-likeness (QED) is 0.901. The second-order valence-corrected chi connectivity index (χ2v) is 4.92. The number of benzene rings is 2. The van der Waals surface area contributed by atoms with E-state index < -0.39 is 0 Å². The first-order valence-corrected chi connectivity index (χ1v) is 7.15. The molecule has 128 valence electrons. The van der Waals surface area contributed by atoms with E-state index in [1.807, 2.05) is 0 Å². The Balaban J connectivity index is 2.31. The Labute approximate surface area is 139 Å². The van der Waals surface area contributed by atoms with Crippen molar-refractivity contribution in [2.24, 2.45) is 0 Å². The summed E-state index contributed by atoms with van der Waals surface area (Å²) in [6.45, 7) is 0.0671. The van der Waals surface area contributed by atoms with Crippen LogP contribution in [-0.4, -0.2) is 40.3 Å². The highest BCUT2D eigenvalue weighted by molar-refractivity contribution is 5.87. The zero-order valence-corrected chi connectivity index (χ0v) is 13.8. The number of aromatic hydroxyl groups is 1. The van der Waals surface area contributed by atoms with Gasteiger partial charge in [0.25, 0.3) is 0 Å². The predicted molar refractivity (Wildman–Crippen MR) is 85.9 cm³/mol. The standard InChI is InChI=1S/C17H18O7/c1-19-11-6-5-9(14(20-2)15(11)21-3)13-10(18)7-12-16(17(13)22-4)24-8-23-12/h5-7,18H,8H2,1-4H3. The maximum atomic E-state index is 10.5. The number of hydrogen-bond acceptors (Lipinski definition) is 7. The lowest BCUT2D eigenvalue weighted by atomic mass is 10.00. The van der Waals surface area contributed by atoms with Gasteiger partial charge in [0, 0.05) is 11.6 Å². The van der Waals surface area contributed by atoms with Crippen molar-refractivity contribution >= 4 is 0 Å². The Morgan fingerprint density at radius 2 is 1.58 bits per heavy atom. The van der Waals surface area contributed by atoms with Gasteiger partial charge in [-0.1, -0.05) is 0 Å². The van der Waals surface area contributed by atoms with Gasteiger partial charge in [0.1, 0.15) is 5.75 Å². The number of phenols is 1. The molecule has 0 spiro atoms. The molecule has 1 N–H and O–H groups in total. The molecule has 7 heteroatoms. The first kappa shape index (κ1) is 15.9. The Bertz CT molecular complexity index is 770. The van der Waals surface area contributed by atoms with E-state index >= 15 is 0 Å². The summed E-state index contributed by atoms with van der Waals surface area (Å²) < 4.78 is 32.4. The zero-order valence-electron chi connectivity index (χ0n) is 13.8. The molecule has 0 bridgehead atoms. The maximum absolute atomic E-state index is 10.5. The van der Waals surface area contributed by atoms with Crippen LogP contribution < -0.4 is 28.4 Å². The van der Waals surface area contributed by atoms with Gasteiger partial charge in [-0.25, -0.2) is 0 Å². The monoisotopic (exact) mass is 334 g/mol. The second kappa shape index (κ2) is 6.27. The van der Waals surface area contributed by atoms with Crippen LogP contribution in [0.2, 0.25) is 0 Å². The zero-order chi connectivity index (χ0) is 17.3. The van der Waals surface area contributed by atoms with E-state index in [4.69, 9.17) is 28.4 Å². The summed E-state index contributed by atoms with van der Waals surface area (Å²) in [4.78, 5) is 0. The van der Waals surface area contributed by atoms with Gasteiger partial charge in [-0.3, -0.25) is 0 Å². The average molecular weight is 334 g/mol. The minimum Gasteiger partial charge on any atom is -0.507 e. The van der Waals surface area contributed by atoms with Crippen molar-refractivity contribution in [1.82, 2.24) is 0 Å². The fourth-order valence-electron chi connectivity index (χ4n) is 2.75. The third kappa shape index (κ3) is 2.29. The first-order valence-electron chi connectivity index (χ1n) is 7.15. The second-order valence-electron chi connectivity index (χ2n) is 4.92. The Morgan fingerprint density at radius 1 is 0.875 bits per heavy atom. The van der Waals surface area contributed by atoms with Crippen LogP contribution in [0.4, 0.5) is 0 Å². The molecule has 7 nitrogen and oxygen atoms in total. The molecular weight excluding hydrogens is 316 g/mol. The van der Waals surface area contributed by atoms with Crippen molar-refractivity contribution in [3.05, 3.63) is 18.2 Å². The lowest BCUT2D eigenvalue weighted by Crippen LogP contribution is -1.99. The average Bonchev–Trinajstić information content (AvgIpc) is 3.06. The smallest absolute Gasteiger partial charge is 0.231 e. The molecule has 3 rings (SSSR count). The fraction of sp³-hybridized carbons (Fsp3) is 0.294. The van der Waals surface area contributed by atoms with Crippen molar-refractivity contribution < 1.29 is 33.5 Å². The van der Waals surface area contributed by atoms with E-state index in [-0.39, 0.29) is 12.5 Å². The molecule has 1 heterocycles. The molecule has 0 aliphatic carbocycles. The molecule has 0 saturated carbocycles. The fourth-order valence-corrected chi connectivity index (χ4v) is 2.75. The maximum Gasteiger partial charge on any atom is 0.231 e. The van der Waals surface area contributed by atoms with E-state index in [1.165, 1.54) is 34.5 Å². The summed E-state index contributed by atoms with van der Waals surface area (Å²) in [7, 11) is 6.06. The summed E-state index contributed by atoms with van der Waals surface area (Å²) in [5.74, 6) is 2.52. The van der Waals surface area contributed by atoms with Gasteiger partial charge < -0.3 is 33.5 Å². The van der Waals surface area contributed by atoms with Gasteiger partial charge in [-0.2, -0.15) is 0 Å². The minimum atomic E-state index is -0.0263. The van der Waals surface area contributed by atoms with Crippen molar-refractivity contribution in [2.75, 3.05) is 35.2 Å². The van der Waals surface area contributed by atoms with Gasteiger partial charge in [0.15, 0.2) is 23.0 Å². The Morgan fingerprint density at radius 3 is 2.21 bits per heavy atom. The first-order chi connectivity index (χ1) is 11.7. The molecule has 0 aromatic heterocycles. The summed E-state index contributed by atoms with van der Waals surface area (Å²) in [5.41, 5.74) is 0.988. The van der Waals surface area contributed by atoms with E-state index in [0.717, 1.165) is 0 Å². The molecule has 1 aliphatic heterocycles. The van der Waals surface area contributed by atoms with Gasteiger partial charge in [0.2, 0.25) is 18.3 Å². The summed E-state index contributed by atoms with van der Waals surface area (Å²) >= 11 is 0. The van der Waals surface area contributed by atoms with Crippen LogP contribution in [0.1, 0.15) is 0 Å². The molecule has 0 radical (unpaired) electrons. The summed E-state index contributed by atoms with van der Waals surface area (Å²) in [5, 5.41) is 10.5. The molecule has 2 aromatic rings. The highest BCUT2D eigenvalue weighted by Gasteiger charge is 2.29. The molecule has 0 atom stereocenters. The van der Waals surface area contributed by atoms with E-state index in [0.29, 0.717) is 45.6 Å². The molecule has 0 saturated heterocycles. The van der Waals surface area contributed by atoms with E-state index in [1.54, 1.807) is 12.1 Å². The van der Waals surface area contributed by atoms with Gasteiger partial charge in [-0.05, 0) is 12.1 Å². The normalized spacial score (nSPS) is 12.0. The minimum absolute atomic E-state index is 0.0263. The van der Waals surface area contributed by atoms with Crippen LogP contribution in [0, 0.1) is 0 Å². The Kier molecular flexibility index (Phi) is 4.16. The van der Waals surface area contributed by atoms with E-state index in [9.17, 15) is 5.11 Å². The largest absolute Gasteiger partial charge is 0.507 e. The number of ether oxygens (including phenoxy) is 6. The van der Waals surface area contributed by atoms with E-state index in [2.05, 4.69) is 0 Å².